The Morgan fingerprint density at radius 3 is 2.41 bits per heavy atom. The molecule has 1 aromatic carbocycles. The summed E-state index contributed by atoms with van der Waals surface area (Å²) in [6, 6.07) is 6.67. The van der Waals surface area contributed by atoms with Crippen LogP contribution in [-0.4, -0.2) is 17.1 Å². The van der Waals surface area contributed by atoms with Crippen LogP contribution in [0.2, 0.25) is 0 Å². The van der Waals surface area contributed by atoms with E-state index in [4.69, 9.17) is 9.26 Å². The lowest BCUT2D eigenvalue weighted by Crippen LogP contribution is -2.26. The zero-order chi connectivity index (χ0) is 13.1. The second kappa shape index (κ2) is 5.21. The highest BCUT2D eigenvalue weighted by atomic mass is 31.2. The summed E-state index contributed by atoms with van der Waals surface area (Å²) in [6.45, 7) is 7.50. The van der Waals surface area contributed by atoms with E-state index in [1.54, 1.807) is 31.2 Å². The number of ether oxygens (including phenoxy) is 1. The Morgan fingerprint density at radius 1 is 1.29 bits per heavy atom. The minimum Gasteiger partial charge on any atom is -0.487 e. The second-order valence-corrected chi connectivity index (χ2v) is 6.40. The van der Waals surface area contributed by atoms with Crippen molar-refractivity contribution < 1.29 is 18.7 Å². The van der Waals surface area contributed by atoms with Gasteiger partial charge in [-0.05, 0) is 39.8 Å². The van der Waals surface area contributed by atoms with Crippen molar-refractivity contribution in [2.45, 2.75) is 33.3 Å². The van der Waals surface area contributed by atoms with Crippen LogP contribution in [0.4, 0.5) is 0 Å². The number of rotatable bonds is 4. The van der Waals surface area contributed by atoms with Gasteiger partial charge in [-0.1, -0.05) is 12.1 Å². The van der Waals surface area contributed by atoms with Crippen LogP contribution in [0.3, 0.4) is 0 Å². The fourth-order valence-corrected chi connectivity index (χ4v) is 2.51. The lowest BCUT2D eigenvalue weighted by Gasteiger charge is -2.24. The molecule has 96 valence electrons. The van der Waals surface area contributed by atoms with Crippen LogP contribution in [0, 0.1) is 0 Å². The average molecular weight is 258 g/mol. The smallest absolute Gasteiger partial charge is 0.362 e. The molecule has 0 aliphatic heterocycles. The van der Waals surface area contributed by atoms with Crippen molar-refractivity contribution in [1.82, 2.24) is 0 Å². The summed E-state index contributed by atoms with van der Waals surface area (Å²) < 4.78 is 22.5. The van der Waals surface area contributed by atoms with Gasteiger partial charge >= 0.3 is 7.60 Å². The fourth-order valence-electron chi connectivity index (χ4n) is 1.35. The standard InChI is InChI=1S/C12H19O4P/c1-5-15-17(13,14)11-9-7-6-8-10(11)16-12(2,3)4/h6-9H,5H2,1-4H3,(H,13,14). The summed E-state index contributed by atoms with van der Waals surface area (Å²) in [5, 5.41) is 0.205. The molecule has 0 fully saturated rings. The molecule has 0 saturated carbocycles. The van der Waals surface area contributed by atoms with Gasteiger partial charge in [0.25, 0.3) is 0 Å². The van der Waals surface area contributed by atoms with Crippen molar-refractivity contribution >= 4 is 12.9 Å². The SMILES string of the molecule is CCOP(=O)(O)c1ccccc1OC(C)(C)C. The van der Waals surface area contributed by atoms with Crippen LogP contribution in [-0.2, 0) is 9.09 Å². The Hall–Kier alpha value is -0.830. The largest absolute Gasteiger partial charge is 0.487 e. The first-order valence-electron chi connectivity index (χ1n) is 5.52. The highest BCUT2D eigenvalue weighted by molar-refractivity contribution is 7.61. The predicted molar refractivity (Wildman–Crippen MR) is 67.9 cm³/mol. The minimum atomic E-state index is -3.79. The molecule has 0 amide bonds. The monoisotopic (exact) mass is 258 g/mol. The molecule has 1 rings (SSSR count). The molecule has 0 saturated heterocycles. The Morgan fingerprint density at radius 2 is 1.88 bits per heavy atom. The summed E-state index contributed by atoms with van der Waals surface area (Å²) in [7, 11) is -3.79. The zero-order valence-corrected chi connectivity index (χ0v) is 11.5. The predicted octanol–water partition coefficient (Wildman–Crippen LogP) is 2.71. The molecule has 0 aliphatic rings. The van der Waals surface area contributed by atoms with E-state index in [-0.39, 0.29) is 11.9 Å². The zero-order valence-electron chi connectivity index (χ0n) is 10.6. The molecule has 0 heterocycles. The highest BCUT2D eigenvalue weighted by Crippen LogP contribution is 2.43. The van der Waals surface area contributed by atoms with Crippen molar-refractivity contribution in [3.05, 3.63) is 24.3 Å². The van der Waals surface area contributed by atoms with Gasteiger partial charge in [0.2, 0.25) is 0 Å². The number of para-hydroxylation sites is 1. The summed E-state index contributed by atoms with van der Waals surface area (Å²) in [6.07, 6.45) is 0. The molecule has 0 aromatic heterocycles. The molecule has 4 nitrogen and oxygen atoms in total. The van der Waals surface area contributed by atoms with Gasteiger partial charge in [-0.25, -0.2) is 0 Å². The molecule has 0 radical (unpaired) electrons. The molecule has 1 unspecified atom stereocenters. The number of hydrogen-bond donors (Lipinski definition) is 1. The second-order valence-electron chi connectivity index (χ2n) is 4.62. The van der Waals surface area contributed by atoms with Crippen LogP contribution in [0.1, 0.15) is 27.7 Å². The third-order valence-electron chi connectivity index (χ3n) is 1.89. The fraction of sp³-hybridized carbons (Fsp3) is 0.500. The average Bonchev–Trinajstić information content (AvgIpc) is 2.15. The molecule has 1 aromatic rings. The van der Waals surface area contributed by atoms with Crippen molar-refractivity contribution in [3.63, 3.8) is 0 Å². The first-order chi connectivity index (χ1) is 7.76. The van der Waals surface area contributed by atoms with E-state index >= 15 is 0 Å². The van der Waals surface area contributed by atoms with E-state index in [2.05, 4.69) is 0 Å². The first kappa shape index (κ1) is 14.2. The summed E-state index contributed by atoms with van der Waals surface area (Å²) in [4.78, 5) is 9.82. The molecule has 1 atom stereocenters. The summed E-state index contributed by atoms with van der Waals surface area (Å²) in [5.74, 6) is 0.388. The molecule has 0 aliphatic carbocycles. The van der Waals surface area contributed by atoms with E-state index < -0.39 is 13.2 Å². The molecule has 0 bridgehead atoms. The van der Waals surface area contributed by atoms with Crippen molar-refractivity contribution in [2.75, 3.05) is 6.61 Å². The van der Waals surface area contributed by atoms with Gasteiger partial charge < -0.3 is 14.2 Å². The molecule has 5 heteroatoms. The van der Waals surface area contributed by atoms with Crippen LogP contribution < -0.4 is 10.0 Å². The third-order valence-corrected chi connectivity index (χ3v) is 3.48. The molecule has 1 N–H and O–H groups in total. The van der Waals surface area contributed by atoms with Crippen LogP contribution in [0.5, 0.6) is 5.75 Å². The van der Waals surface area contributed by atoms with E-state index in [9.17, 15) is 9.46 Å². The Bertz CT molecular complexity index is 423. The highest BCUT2D eigenvalue weighted by Gasteiger charge is 2.27. The van der Waals surface area contributed by atoms with E-state index in [0.717, 1.165) is 0 Å². The van der Waals surface area contributed by atoms with Gasteiger partial charge in [0.15, 0.2) is 0 Å². The van der Waals surface area contributed by atoms with Gasteiger partial charge in [-0.2, -0.15) is 0 Å². The van der Waals surface area contributed by atoms with Gasteiger partial charge in [0.05, 0.1) is 6.61 Å². The Labute approximate surface area is 102 Å². The maximum absolute atomic E-state index is 12.0. The molecular formula is C12H19O4P. The van der Waals surface area contributed by atoms with Crippen molar-refractivity contribution in [3.8, 4) is 5.75 Å². The topological polar surface area (TPSA) is 55.8 Å². The number of benzene rings is 1. The van der Waals surface area contributed by atoms with Crippen LogP contribution in [0.15, 0.2) is 24.3 Å². The quantitative estimate of drug-likeness (QED) is 0.844. The molecule has 17 heavy (non-hydrogen) atoms. The lowest BCUT2D eigenvalue weighted by molar-refractivity contribution is 0.132. The first-order valence-corrected chi connectivity index (χ1v) is 7.10. The third kappa shape index (κ3) is 4.15. The molecular weight excluding hydrogens is 239 g/mol. The summed E-state index contributed by atoms with van der Waals surface area (Å²) in [5.41, 5.74) is -0.428. The maximum atomic E-state index is 12.0. The minimum absolute atomic E-state index is 0.178. The van der Waals surface area contributed by atoms with Crippen LogP contribution >= 0.6 is 7.60 Å². The molecule has 0 spiro atoms. The van der Waals surface area contributed by atoms with E-state index in [0.29, 0.717) is 5.75 Å². The van der Waals surface area contributed by atoms with E-state index in [1.807, 2.05) is 20.8 Å². The lowest BCUT2D eigenvalue weighted by atomic mass is 10.2. The number of hydrogen-bond acceptors (Lipinski definition) is 3. The Kier molecular flexibility index (Phi) is 4.36. The Balaban J connectivity index is 3.12. The van der Waals surface area contributed by atoms with Gasteiger partial charge in [0.1, 0.15) is 16.7 Å². The maximum Gasteiger partial charge on any atom is 0.362 e. The van der Waals surface area contributed by atoms with Crippen molar-refractivity contribution in [1.29, 1.82) is 0 Å². The van der Waals surface area contributed by atoms with Gasteiger partial charge in [0, 0.05) is 0 Å². The van der Waals surface area contributed by atoms with Gasteiger partial charge in [-0.15, -0.1) is 0 Å². The van der Waals surface area contributed by atoms with Crippen LogP contribution in [0.25, 0.3) is 0 Å². The van der Waals surface area contributed by atoms with Gasteiger partial charge in [-0.3, -0.25) is 4.57 Å². The van der Waals surface area contributed by atoms with E-state index in [1.165, 1.54) is 0 Å². The normalized spacial score (nSPS) is 15.4. The summed E-state index contributed by atoms with van der Waals surface area (Å²) >= 11 is 0. The van der Waals surface area contributed by atoms with Crippen molar-refractivity contribution in [2.24, 2.45) is 0 Å².